The first-order valence-corrected chi connectivity index (χ1v) is 8.11. The monoisotopic (exact) mass is 358 g/mol. The summed E-state index contributed by atoms with van der Waals surface area (Å²) in [5.41, 5.74) is 7.55. The maximum absolute atomic E-state index is 12.3. The number of nitrogens with one attached hydrogen (secondary N) is 1. The molecule has 3 N–H and O–H groups in total. The molecule has 0 amide bonds. The summed E-state index contributed by atoms with van der Waals surface area (Å²) in [5, 5.41) is 4.17. The van der Waals surface area contributed by atoms with E-state index in [0.717, 1.165) is 11.3 Å². The number of anilines is 1. The Bertz CT molecular complexity index is 740. The first kappa shape index (κ1) is 15.0. The van der Waals surface area contributed by atoms with Crippen LogP contribution in [0.5, 0.6) is 0 Å². The molecular formula is C12H15BrN4O2S. The van der Waals surface area contributed by atoms with Crippen LogP contribution in [0.3, 0.4) is 0 Å². The average molecular weight is 359 g/mol. The number of sulfonamides is 1. The number of aromatic nitrogens is 2. The van der Waals surface area contributed by atoms with Crippen molar-refractivity contribution in [3.8, 4) is 0 Å². The van der Waals surface area contributed by atoms with Crippen molar-refractivity contribution in [1.29, 1.82) is 0 Å². The highest BCUT2D eigenvalue weighted by atomic mass is 79.9. The zero-order chi connectivity index (χ0) is 14.9. The zero-order valence-electron chi connectivity index (χ0n) is 11.1. The molecule has 0 aliphatic heterocycles. The predicted molar refractivity (Wildman–Crippen MR) is 80.5 cm³/mol. The molecular weight excluding hydrogens is 344 g/mol. The second-order valence-corrected chi connectivity index (χ2v) is 7.07. The molecule has 0 atom stereocenters. The molecule has 0 spiro atoms. The molecule has 2 aromatic rings. The van der Waals surface area contributed by atoms with Crippen LogP contribution in [-0.4, -0.2) is 18.2 Å². The Kier molecular flexibility index (Phi) is 4.17. The lowest BCUT2D eigenvalue weighted by molar-refractivity contribution is 0.581. The minimum atomic E-state index is -3.66. The molecule has 0 saturated carbocycles. The molecule has 0 bridgehead atoms. The van der Waals surface area contributed by atoms with Crippen LogP contribution in [0.25, 0.3) is 0 Å². The maximum atomic E-state index is 12.3. The Balaban J connectivity index is 2.23. The number of aryl methyl sites for hydroxylation is 2. The van der Waals surface area contributed by atoms with E-state index >= 15 is 0 Å². The van der Waals surface area contributed by atoms with Gasteiger partial charge in [0.2, 0.25) is 10.0 Å². The first-order chi connectivity index (χ1) is 9.29. The lowest BCUT2D eigenvalue weighted by Crippen LogP contribution is -2.24. The van der Waals surface area contributed by atoms with E-state index in [-0.39, 0.29) is 17.1 Å². The topological polar surface area (TPSA) is 90.0 Å². The zero-order valence-corrected chi connectivity index (χ0v) is 13.5. The second-order valence-electron chi connectivity index (χ2n) is 4.42. The summed E-state index contributed by atoms with van der Waals surface area (Å²) in [6.07, 6.45) is 1.78. The fraction of sp³-hybridized carbons (Fsp3) is 0.250. The Morgan fingerprint density at radius 1 is 1.45 bits per heavy atom. The van der Waals surface area contributed by atoms with Crippen molar-refractivity contribution < 1.29 is 8.42 Å². The van der Waals surface area contributed by atoms with Crippen molar-refractivity contribution in [3.63, 3.8) is 0 Å². The van der Waals surface area contributed by atoms with Crippen LogP contribution in [0.15, 0.2) is 33.8 Å². The van der Waals surface area contributed by atoms with Crippen LogP contribution >= 0.6 is 15.9 Å². The summed E-state index contributed by atoms with van der Waals surface area (Å²) < 4.78 is 29.3. The highest BCUT2D eigenvalue weighted by Crippen LogP contribution is 2.23. The third-order valence-corrected chi connectivity index (χ3v) is 4.78. The third kappa shape index (κ3) is 3.20. The van der Waals surface area contributed by atoms with Crippen molar-refractivity contribution in [3.05, 3.63) is 40.1 Å². The van der Waals surface area contributed by atoms with E-state index in [1.807, 2.05) is 6.92 Å². The molecule has 0 fully saturated rings. The van der Waals surface area contributed by atoms with Crippen LogP contribution in [0, 0.1) is 6.92 Å². The average Bonchev–Trinajstić information content (AvgIpc) is 2.68. The molecule has 20 heavy (non-hydrogen) atoms. The third-order valence-electron chi connectivity index (χ3n) is 2.83. The van der Waals surface area contributed by atoms with Crippen molar-refractivity contribution in [1.82, 2.24) is 14.5 Å². The van der Waals surface area contributed by atoms with Crippen molar-refractivity contribution >= 4 is 31.6 Å². The number of benzene rings is 1. The number of rotatable bonds is 4. The van der Waals surface area contributed by atoms with Gasteiger partial charge in [-0.05, 0) is 25.1 Å². The smallest absolute Gasteiger partial charge is 0.242 e. The lowest BCUT2D eigenvalue weighted by Gasteiger charge is -2.09. The van der Waals surface area contributed by atoms with Gasteiger partial charge in [-0.25, -0.2) is 13.1 Å². The second kappa shape index (κ2) is 5.55. The Hall–Kier alpha value is -1.38. The summed E-state index contributed by atoms with van der Waals surface area (Å²) in [5.74, 6) is 0. The summed E-state index contributed by atoms with van der Waals surface area (Å²) in [4.78, 5) is 0.0634. The van der Waals surface area contributed by atoms with E-state index < -0.39 is 10.0 Å². The molecule has 6 nitrogen and oxygen atoms in total. The van der Waals surface area contributed by atoms with Gasteiger partial charge in [-0.1, -0.05) is 15.9 Å². The van der Waals surface area contributed by atoms with E-state index in [9.17, 15) is 8.42 Å². The normalized spacial score (nSPS) is 11.8. The van der Waals surface area contributed by atoms with Gasteiger partial charge in [0.05, 0.1) is 11.4 Å². The Labute approximate surface area is 126 Å². The van der Waals surface area contributed by atoms with Gasteiger partial charge in [0.15, 0.2) is 0 Å². The van der Waals surface area contributed by atoms with Gasteiger partial charge in [0.25, 0.3) is 0 Å². The van der Waals surface area contributed by atoms with Crippen LogP contribution in [0.4, 0.5) is 5.69 Å². The van der Waals surface area contributed by atoms with E-state index in [1.165, 1.54) is 6.07 Å². The molecule has 1 aromatic heterocycles. The molecule has 0 aliphatic carbocycles. The van der Waals surface area contributed by atoms with E-state index in [0.29, 0.717) is 4.47 Å². The molecule has 1 aromatic carbocycles. The number of halogens is 1. The molecule has 0 unspecified atom stereocenters. The van der Waals surface area contributed by atoms with E-state index in [2.05, 4.69) is 25.8 Å². The standard InChI is InChI=1S/C12H15BrN4O2S/c1-8-9(7-17(2)16-8)6-15-20(18,19)12-5-10(13)3-4-11(12)14/h3-5,7,15H,6,14H2,1-2H3. The highest BCUT2D eigenvalue weighted by molar-refractivity contribution is 9.10. The Morgan fingerprint density at radius 2 is 2.15 bits per heavy atom. The summed E-state index contributed by atoms with van der Waals surface area (Å²) >= 11 is 3.24. The number of nitrogen functional groups attached to an aromatic ring is 1. The van der Waals surface area contributed by atoms with Gasteiger partial charge in [0.1, 0.15) is 4.90 Å². The maximum Gasteiger partial charge on any atom is 0.242 e. The van der Waals surface area contributed by atoms with Gasteiger partial charge in [-0.15, -0.1) is 0 Å². The van der Waals surface area contributed by atoms with Gasteiger partial charge < -0.3 is 5.73 Å². The Morgan fingerprint density at radius 3 is 2.75 bits per heavy atom. The predicted octanol–water partition coefficient (Wildman–Crippen LogP) is 1.55. The fourth-order valence-corrected chi connectivity index (χ4v) is 3.49. The summed E-state index contributed by atoms with van der Waals surface area (Å²) in [6.45, 7) is 2.01. The molecule has 0 saturated heterocycles. The van der Waals surface area contributed by atoms with Gasteiger partial charge in [-0.3, -0.25) is 4.68 Å². The molecule has 8 heteroatoms. The van der Waals surface area contributed by atoms with Gasteiger partial charge in [-0.2, -0.15) is 5.10 Å². The molecule has 2 rings (SSSR count). The van der Waals surface area contributed by atoms with Crippen LogP contribution in [0.1, 0.15) is 11.3 Å². The number of nitrogens with zero attached hydrogens (tertiary/aromatic N) is 2. The van der Waals surface area contributed by atoms with Crippen molar-refractivity contribution in [2.24, 2.45) is 7.05 Å². The number of hydrogen-bond donors (Lipinski definition) is 2. The molecule has 1 heterocycles. The van der Waals surface area contributed by atoms with Crippen LogP contribution < -0.4 is 10.5 Å². The van der Waals surface area contributed by atoms with Crippen LogP contribution in [0.2, 0.25) is 0 Å². The quantitative estimate of drug-likeness (QED) is 0.811. The van der Waals surface area contributed by atoms with Gasteiger partial charge in [0, 0.05) is 29.8 Å². The van der Waals surface area contributed by atoms with E-state index in [1.54, 1.807) is 30.1 Å². The summed E-state index contributed by atoms with van der Waals surface area (Å²) in [6, 6.07) is 4.72. The molecule has 0 aliphatic rings. The fourth-order valence-electron chi connectivity index (χ4n) is 1.81. The number of nitrogens with two attached hydrogens (primary N) is 1. The highest BCUT2D eigenvalue weighted by Gasteiger charge is 2.18. The minimum absolute atomic E-state index is 0.0634. The lowest BCUT2D eigenvalue weighted by atomic mass is 10.3. The van der Waals surface area contributed by atoms with Gasteiger partial charge >= 0.3 is 0 Å². The molecule has 108 valence electrons. The van der Waals surface area contributed by atoms with Crippen molar-refractivity contribution in [2.45, 2.75) is 18.4 Å². The largest absolute Gasteiger partial charge is 0.398 e. The molecule has 0 radical (unpaired) electrons. The van der Waals surface area contributed by atoms with Crippen LogP contribution in [-0.2, 0) is 23.6 Å². The summed E-state index contributed by atoms with van der Waals surface area (Å²) in [7, 11) is -1.87. The SMILES string of the molecule is Cc1nn(C)cc1CNS(=O)(=O)c1cc(Br)ccc1N. The minimum Gasteiger partial charge on any atom is -0.398 e. The van der Waals surface area contributed by atoms with E-state index in [4.69, 9.17) is 5.73 Å². The first-order valence-electron chi connectivity index (χ1n) is 5.83. The number of hydrogen-bond acceptors (Lipinski definition) is 4. The van der Waals surface area contributed by atoms with Crippen molar-refractivity contribution in [2.75, 3.05) is 5.73 Å².